The molecule has 0 saturated carbocycles. The standard InChI is InChI=1S/C11H13Cl2NO2/c1-7-5-10(16-2)9(6-8(7)13)14-11(15)3-4-12/h5-6H,3-4H2,1-2H3,(H,14,15). The lowest BCUT2D eigenvalue weighted by Crippen LogP contribution is -2.12. The van der Waals surface area contributed by atoms with E-state index in [2.05, 4.69) is 5.32 Å². The summed E-state index contributed by atoms with van der Waals surface area (Å²) in [5.74, 6) is 0.714. The maximum absolute atomic E-state index is 11.4. The SMILES string of the molecule is COc1cc(C)c(Cl)cc1NC(=O)CCCl. The minimum atomic E-state index is -0.159. The summed E-state index contributed by atoms with van der Waals surface area (Å²) in [4.78, 5) is 11.4. The summed E-state index contributed by atoms with van der Waals surface area (Å²) < 4.78 is 5.15. The first-order chi connectivity index (χ1) is 7.58. The highest BCUT2D eigenvalue weighted by Gasteiger charge is 2.09. The highest BCUT2D eigenvalue weighted by molar-refractivity contribution is 6.31. The first-order valence-corrected chi connectivity index (χ1v) is 5.69. The van der Waals surface area contributed by atoms with Crippen LogP contribution < -0.4 is 10.1 Å². The van der Waals surface area contributed by atoms with Gasteiger partial charge in [-0.15, -0.1) is 11.6 Å². The van der Waals surface area contributed by atoms with Gasteiger partial charge in [-0.1, -0.05) is 11.6 Å². The number of benzene rings is 1. The van der Waals surface area contributed by atoms with E-state index < -0.39 is 0 Å². The van der Waals surface area contributed by atoms with Gasteiger partial charge in [0, 0.05) is 17.3 Å². The summed E-state index contributed by atoms with van der Waals surface area (Å²) in [6.07, 6.45) is 0.260. The molecule has 88 valence electrons. The molecule has 1 amide bonds. The Labute approximate surface area is 105 Å². The topological polar surface area (TPSA) is 38.3 Å². The number of ether oxygens (including phenoxy) is 1. The highest BCUT2D eigenvalue weighted by Crippen LogP contribution is 2.30. The number of hydrogen-bond donors (Lipinski definition) is 1. The number of alkyl halides is 1. The molecule has 1 rings (SSSR count). The third-order valence-corrected chi connectivity index (χ3v) is 2.67. The number of halogens is 2. The molecule has 1 aromatic rings. The van der Waals surface area contributed by atoms with Crippen LogP contribution in [0.3, 0.4) is 0 Å². The molecule has 0 saturated heterocycles. The van der Waals surface area contributed by atoms with E-state index in [1.54, 1.807) is 19.2 Å². The Balaban J connectivity index is 2.94. The van der Waals surface area contributed by atoms with Crippen molar-refractivity contribution in [2.24, 2.45) is 0 Å². The molecular weight excluding hydrogens is 249 g/mol. The van der Waals surface area contributed by atoms with Crippen molar-refractivity contribution < 1.29 is 9.53 Å². The first kappa shape index (κ1) is 13.1. The Morgan fingerprint density at radius 1 is 1.50 bits per heavy atom. The molecule has 0 heterocycles. The van der Waals surface area contributed by atoms with Gasteiger partial charge in [-0.3, -0.25) is 4.79 Å². The Morgan fingerprint density at radius 3 is 2.75 bits per heavy atom. The average Bonchev–Trinajstić information content (AvgIpc) is 2.23. The second-order valence-electron chi connectivity index (χ2n) is 3.29. The van der Waals surface area contributed by atoms with Crippen molar-refractivity contribution >= 4 is 34.8 Å². The number of rotatable bonds is 4. The van der Waals surface area contributed by atoms with Gasteiger partial charge < -0.3 is 10.1 Å². The van der Waals surface area contributed by atoms with Crippen molar-refractivity contribution in [1.82, 2.24) is 0 Å². The van der Waals surface area contributed by atoms with Crippen molar-refractivity contribution in [3.63, 3.8) is 0 Å². The van der Waals surface area contributed by atoms with Gasteiger partial charge in [0.1, 0.15) is 5.75 Å². The fourth-order valence-corrected chi connectivity index (χ4v) is 1.56. The molecule has 0 fully saturated rings. The lowest BCUT2D eigenvalue weighted by atomic mass is 10.2. The third-order valence-electron chi connectivity index (χ3n) is 2.08. The fraction of sp³-hybridized carbons (Fsp3) is 0.364. The lowest BCUT2D eigenvalue weighted by molar-refractivity contribution is -0.115. The van der Waals surface area contributed by atoms with E-state index in [9.17, 15) is 4.79 Å². The summed E-state index contributed by atoms with van der Waals surface area (Å²) in [5, 5.41) is 3.28. The molecule has 0 aliphatic carbocycles. The first-order valence-electron chi connectivity index (χ1n) is 4.78. The molecule has 0 spiro atoms. The van der Waals surface area contributed by atoms with Gasteiger partial charge in [0.2, 0.25) is 5.91 Å². The zero-order chi connectivity index (χ0) is 12.1. The van der Waals surface area contributed by atoms with Crippen molar-refractivity contribution in [3.8, 4) is 5.75 Å². The lowest BCUT2D eigenvalue weighted by Gasteiger charge is -2.11. The molecule has 0 aromatic heterocycles. The number of anilines is 1. The van der Waals surface area contributed by atoms with E-state index in [4.69, 9.17) is 27.9 Å². The Hall–Kier alpha value is -0.930. The van der Waals surface area contributed by atoms with Crippen molar-refractivity contribution in [1.29, 1.82) is 0 Å². The molecule has 0 atom stereocenters. The maximum atomic E-state index is 11.4. The zero-order valence-electron chi connectivity index (χ0n) is 9.14. The van der Waals surface area contributed by atoms with E-state index in [1.165, 1.54) is 0 Å². The molecule has 0 radical (unpaired) electrons. The van der Waals surface area contributed by atoms with Crippen LogP contribution in [0.1, 0.15) is 12.0 Å². The van der Waals surface area contributed by atoms with Gasteiger partial charge in [0.05, 0.1) is 12.8 Å². The minimum absolute atomic E-state index is 0.159. The normalized spacial score (nSPS) is 10.0. The average molecular weight is 262 g/mol. The third kappa shape index (κ3) is 3.29. The molecule has 0 bridgehead atoms. The molecule has 0 aliphatic heterocycles. The van der Waals surface area contributed by atoms with Gasteiger partial charge in [-0.2, -0.15) is 0 Å². The van der Waals surface area contributed by atoms with E-state index in [0.717, 1.165) is 5.56 Å². The molecule has 3 nitrogen and oxygen atoms in total. The largest absolute Gasteiger partial charge is 0.495 e. The van der Waals surface area contributed by atoms with Gasteiger partial charge in [-0.25, -0.2) is 0 Å². The Morgan fingerprint density at radius 2 is 2.19 bits per heavy atom. The number of carbonyl (C=O) groups excluding carboxylic acids is 1. The summed E-state index contributed by atoms with van der Waals surface area (Å²) in [5.41, 5.74) is 1.46. The quantitative estimate of drug-likeness (QED) is 0.846. The highest BCUT2D eigenvalue weighted by atomic mass is 35.5. The Bertz CT molecular complexity index is 394. The Kier molecular flexibility index (Phi) is 4.90. The summed E-state index contributed by atoms with van der Waals surface area (Å²) in [6, 6.07) is 3.44. The minimum Gasteiger partial charge on any atom is -0.495 e. The smallest absolute Gasteiger partial charge is 0.225 e. The molecule has 1 N–H and O–H groups in total. The second kappa shape index (κ2) is 5.97. The van der Waals surface area contributed by atoms with Crippen molar-refractivity contribution in [2.75, 3.05) is 18.3 Å². The molecule has 1 aromatic carbocycles. The van der Waals surface area contributed by atoms with E-state index >= 15 is 0 Å². The van der Waals surface area contributed by atoms with Crippen LogP contribution in [-0.2, 0) is 4.79 Å². The number of aryl methyl sites for hydroxylation is 1. The van der Waals surface area contributed by atoms with Crippen molar-refractivity contribution in [2.45, 2.75) is 13.3 Å². The van der Waals surface area contributed by atoms with Crippen molar-refractivity contribution in [3.05, 3.63) is 22.7 Å². The van der Waals surface area contributed by atoms with Gasteiger partial charge in [0.25, 0.3) is 0 Å². The summed E-state index contributed by atoms with van der Waals surface area (Å²) in [7, 11) is 1.54. The second-order valence-corrected chi connectivity index (χ2v) is 4.07. The number of carbonyl (C=O) groups is 1. The monoisotopic (exact) mass is 261 g/mol. The molecule has 0 unspecified atom stereocenters. The van der Waals surface area contributed by atoms with Crippen LogP contribution in [0.4, 0.5) is 5.69 Å². The molecule has 16 heavy (non-hydrogen) atoms. The van der Waals surface area contributed by atoms with E-state index in [-0.39, 0.29) is 18.2 Å². The predicted octanol–water partition coefficient (Wildman–Crippen LogP) is 3.22. The van der Waals surface area contributed by atoms with Gasteiger partial charge in [0.15, 0.2) is 0 Å². The predicted molar refractivity (Wildman–Crippen MR) is 66.7 cm³/mol. The van der Waals surface area contributed by atoms with Crippen LogP contribution in [0.5, 0.6) is 5.75 Å². The summed E-state index contributed by atoms with van der Waals surface area (Å²) >= 11 is 11.4. The van der Waals surface area contributed by atoms with Crippen LogP contribution in [0.2, 0.25) is 5.02 Å². The number of methoxy groups -OCH3 is 1. The number of nitrogens with one attached hydrogen (secondary N) is 1. The van der Waals surface area contributed by atoms with E-state index in [1.807, 2.05) is 6.92 Å². The van der Waals surface area contributed by atoms with Crippen LogP contribution in [0.25, 0.3) is 0 Å². The summed E-state index contributed by atoms with van der Waals surface area (Å²) in [6.45, 7) is 1.87. The van der Waals surface area contributed by atoms with Gasteiger partial charge >= 0.3 is 0 Å². The van der Waals surface area contributed by atoms with Crippen LogP contribution in [-0.4, -0.2) is 18.9 Å². The number of amides is 1. The molecule has 5 heteroatoms. The van der Waals surface area contributed by atoms with Crippen LogP contribution in [0, 0.1) is 6.92 Å². The molecular formula is C11H13Cl2NO2. The van der Waals surface area contributed by atoms with Crippen LogP contribution >= 0.6 is 23.2 Å². The van der Waals surface area contributed by atoms with Gasteiger partial charge in [-0.05, 0) is 24.6 Å². The maximum Gasteiger partial charge on any atom is 0.225 e. The van der Waals surface area contributed by atoms with E-state index in [0.29, 0.717) is 16.5 Å². The fourth-order valence-electron chi connectivity index (χ4n) is 1.22. The van der Waals surface area contributed by atoms with Crippen LogP contribution in [0.15, 0.2) is 12.1 Å². The zero-order valence-corrected chi connectivity index (χ0v) is 10.7. The number of hydrogen-bond acceptors (Lipinski definition) is 2. The molecule has 0 aliphatic rings.